The van der Waals surface area contributed by atoms with Crippen molar-refractivity contribution in [3.8, 4) is 22.7 Å². The van der Waals surface area contributed by atoms with Gasteiger partial charge in [-0.15, -0.1) is 10.2 Å². The van der Waals surface area contributed by atoms with E-state index in [1.807, 2.05) is 47.2 Å². The molecule has 31 heavy (non-hydrogen) atoms. The van der Waals surface area contributed by atoms with E-state index in [-0.39, 0.29) is 11.7 Å². The van der Waals surface area contributed by atoms with Crippen LogP contribution in [0.5, 0.6) is 5.75 Å². The molecule has 0 spiro atoms. The smallest absolute Gasteiger partial charge is 0.234 e. The number of thioether (sulfide) groups is 1. The van der Waals surface area contributed by atoms with Crippen LogP contribution >= 0.6 is 23.4 Å². The highest BCUT2D eigenvalue weighted by Crippen LogP contribution is 2.28. The van der Waals surface area contributed by atoms with Gasteiger partial charge in [-0.2, -0.15) is 0 Å². The summed E-state index contributed by atoms with van der Waals surface area (Å²) in [7, 11) is 1.54. The molecule has 2 aromatic heterocycles. The van der Waals surface area contributed by atoms with Crippen LogP contribution in [0, 0.1) is 0 Å². The number of ether oxygens (including phenoxy) is 1. The molecule has 4 rings (SSSR count). The first kappa shape index (κ1) is 20.9. The van der Waals surface area contributed by atoms with Crippen LogP contribution in [0.25, 0.3) is 16.9 Å². The Kier molecular flexibility index (Phi) is 6.49. The highest BCUT2D eigenvalue weighted by Gasteiger charge is 2.10. The van der Waals surface area contributed by atoms with Crippen LogP contribution in [0.3, 0.4) is 0 Å². The van der Waals surface area contributed by atoms with E-state index >= 15 is 0 Å². The lowest BCUT2D eigenvalue weighted by Gasteiger charge is -2.10. The van der Waals surface area contributed by atoms with E-state index in [2.05, 4.69) is 20.5 Å². The van der Waals surface area contributed by atoms with E-state index < -0.39 is 0 Å². The zero-order valence-electron chi connectivity index (χ0n) is 16.5. The summed E-state index contributed by atoms with van der Waals surface area (Å²) in [5.74, 6) is 0.543. The molecule has 1 amide bonds. The molecule has 0 aliphatic carbocycles. The molecule has 156 valence electrons. The normalized spacial score (nSPS) is 10.6. The number of imidazole rings is 1. The Morgan fingerprint density at radius 3 is 2.65 bits per heavy atom. The van der Waals surface area contributed by atoms with Crippen molar-refractivity contribution in [3.63, 3.8) is 0 Å². The number of benzene rings is 2. The molecule has 4 aromatic rings. The monoisotopic (exact) mass is 451 g/mol. The molecule has 0 bridgehead atoms. The number of carbonyl (C=O) groups is 1. The van der Waals surface area contributed by atoms with E-state index in [0.29, 0.717) is 21.5 Å². The van der Waals surface area contributed by atoms with Crippen LogP contribution < -0.4 is 10.1 Å². The van der Waals surface area contributed by atoms with Gasteiger partial charge in [0.2, 0.25) is 5.91 Å². The molecule has 0 atom stereocenters. The fourth-order valence-corrected chi connectivity index (χ4v) is 3.66. The zero-order valence-corrected chi connectivity index (χ0v) is 18.1. The average molecular weight is 452 g/mol. The first-order valence-corrected chi connectivity index (χ1v) is 10.7. The lowest BCUT2D eigenvalue weighted by atomic mass is 10.1. The average Bonchev–Trinajstić information content (AvgIpc) is 3.33. The lowest BCUT2D eigenvalue weighted by Crippen LogP contribution is -2.14. The minimum atomic E-state index is -0.188. The van der Waals surface area contributed by atoms with E-state index in [1.54, 1.807) is 30.7 Å². The van der Waals surface area contributed by atoms with Crippen molar-refractivity contribution in [1.29, 1.82) is 0 Å². The van der Waals surface area contributed by atoms with Gasteiger partial charge in [-0.1, -0.05) is 35.5 Å². The molecule has 0 saturated carbocycles. The third kappa shape index (κ3) is 5.22. The van der Waals surface area contributed by atoms with E-state index in [0.717, 1.165) is 16.9 Å². The summed E-state index contributed by atoms with van der Waals surface area (Å²) in [5, 5.41) is 12.5. The van der Waals surface area contributed by atoms with Crippen LogP contribution in [0.15, 0.2) is 78.3 Å². The van der Waals surface area contributed by atoms with Gasteiger partial charge in [0.25, 0.3) is 0 Å². The summed E-state index contributed by atoms with van der Waals surface area (Å²) in [5.41, 5.74) is 3.26. The molecular formula is C22H18ClN5O2S. The maximum Gasteiger partial charge on any atom is 0.234 e. The maximum absolute atomic E-state index is 12.3. The largest absolute Gasteiger partial charge is 0.495 e. The van der Waals surface area contributed by atoms with Gasteiger partial charge in [0, 0.05) is 28.7 Å². The molecule has 0 saturated heterocycles. The number of aromatic nitrogens is 4. The number of carbonyl (C=O) groups excluding carboxylic acids is 1. The number of hydrogen-bond acceptors (Lipinski definition) is 6. The van der Waals surface area contributed by atoms with Gasteiger partial charge in [-0.3, -0.25) is 4.79 Å². The van der Waals surface area contributed by atoms with Gasteiger partial charge in [0.05, 0.1) is 30.6 Å². The third-order valence-corrected chi connectivity index (χ3v) is 5.55. The number of nitrogens with one attached hydrogen (secondary N) is 1. The molecule has 7 nitrogen and oxygen atoms in total. The SMILES string of the molecule is COc1ccc(Cl)cc1NC(=O)CSc1ccc(-c2ccc(-n3ccnc3)cc2)nn1. The first-order chi connectivity index (χ1) is 15.1. The summed E-state index contributed by atoms with van der Waals surface area (Å²) in [4.78, 5) is 16.3. The Hall–Kier alpha value is -3.36. The summed E-state index contributed by atoms with van der Waals surface area (Å²) in [6.45, 7) is 0. The van der Waals surface area contributed by atoms with Gasteiger partial charge in [-0.25, -0.2) is 4.98 Å². The van der Waals surface area contributed by atoms with Crippen molar-refractivity contribution in [3.05, 3.63) is 78.3 Å². The highest BCUT2D eigenvalue weighted by molar-refractivity contribution is 7.99. The van der Waals surface area contributed by atoms with Crippen LogP contribution in [0.4, 0.5) is 5.69 Å². The molecule has 0 aliphatic heterocycles. The lowest BCUT2D eigenvalue weighted by molar-refractivity contribution is -0.113. The van der Waals surface area contributed by atoms with Gasteiger partial charge in [0.15, 0.2) is 0 Å². The van der Waals surface area contributed by atoms with Gasteiger partial charge in [0.1, 0.15) is 10.8 Å². The number of hydrogen-bond donors (Lipinski definition) is 1. The van der Waals surface area contributed by atoms with Gasteiger partial charge < -0.3 is 14.6 Å². The van der Waals surface area contributed by atoms with Crippen molar-refractivity contribution >= 4 is 35.0 Å². The van der Waals surface area contributed by atoms with Crippen molar-refractivity contribution in [2.75, 3.05) is 18.2 Å². The molecule has 9 heteroatoms. The van der Waals surface area contributed by atoms with Crippen LogP contribution in [-0.4, -0.2) is 38.5 Å². The molecule has 0 unspecified atom stereocenters. The second-order valence-electron chi connectivity index (χ2n) is 6.46. The first-order valence-electron chi connectivity index (χ1n) is 9.31. The van der Waals surface area contributed by atoms with E-state index in [1.165, 1.54) is 18.9 Å². The van der Waals surface area contributed by atoms with Crippen molar-refractivity contribution in [2.45, 2.75) is 5.03 Å². The molecule has 2 heterocycles. The Morgan fingerprint density at radius 1 is 1.13 bits per heavy atom. The number of anilines is 1. The fraction of sp³-hybridized carbons (Fsp3) is 0.0909. The number of methoxy groups -OCH3 is 1. The molecule has 0 fully saturated rings. The molecule has 2 aromatic carbocycles. The Labute approximate surface area is 188 Å². The summed E-state index contributed by atoms with van der Waals surface area (Å²) in [6, 6.07) is 16.8. The minimum absolute atomic E-state index is 0.184. The van der Waals surface area contributed by atoms with E-state index in [9.17, 15) is 4.79 Å². The van der Waals surface area contributed by atoms with Crippen molar-refractivity contribution in [1.82, 2.24) is 19.7 Å². The molecular weight excluding hydrogens is 434 g/mol. The van der Waals surface area contributed by atoms with E-state index in [4.69, 9.17) is 16.3 Å². The number of nitrogens with zero attached hydrogens (tertiary/aromatic N) is 4. The summed E-state index contributed by atoms with van der Waals surface area (Å²) in [6.07, 6.45) is 5.38. The quantitative estimate of drug-likeness (QED) is 0.409. The second kappa shape index (κ2) is 9.63. The topological polar surface area (TPSA) is 81.9 Å². The van der Waals surface area contributed by atoms with Crippen LogP contribution in [0.1, 0.15) is 0 Å². The van der Waals surface area contributed by atoms with Crippen LogP contribution in [-0.2, 0) is 4.79 Å². The summed E-state index contributed by atoms with van der Waals surface area (Å²) < 4.78 is 7.17. The maximum atomic E-state index is 12.3. The Bertz CT molecular complexity index is 1170. The zero-order chi connectivity index (χ0) is 21.6. The predicted molar refractivity (Wildman–Crippen MR) is 122 cm³/mol. The molecule has 1 N–H and O–H groups in total. The predicted octanol–water partition coefficient (Wildman–Crippen LogP) is 4.72. The summed E-state index contributed by atoms with van der Waals surface area (Å²) >= 11 is 7.30. The number of amides is 1. The highest BCUT2D eigenvalue weighted by atomic mass is 35.5. The van der Waals surface area contributed by atoms with Gasteiger partial charge in [-0.05, 0) is 42.5 Å². The van der Waals surface area contributed by atoms with Crippen molar-refractivity contribution < 1.29 is 9.53 Å². The third-order valence-electron chi connectivity index (χ3n) is 4.39. The van der Waals surface area contributed by atoms with Gasteiger partial charge >= 0.3 is 0 Å². The second-order valence-corrected chi connectivity index (χ2v) is 7.89. The molecule has 0 aliphatic rings. The number of halogens is 1. The fourth-order valence-electron chi connectivity index (χ4n) is 2.87. The number of rotatable bonds is 7. The molecule has 0 radical (unpaired) electrons. The minimum Gasteiger partial charge on any atom is -0.495 e. The van der Waals surface area contributed by atoms with Crippen molar-refractivity contribution in [2.24, 2.45) is 0 Å². The Balaban J connectivity index is 1.35. The Morgan fingerprint density at radius 2 is 1.97 bits per heavy atom. The van der Waals surface area contributed by atoms with Crippen LogP contribution in [0.2, 0.25) is 5.02 Å². The standard InChI is InChI=1S/C22H18ClN5O2S/c1-30-20-8-4-16(23)12-19(20)25-21(29)13-31-22-9-7-18(26-27-22)15-2-5-17(6-3-15)28-11-10-24-14-28/h2-12,14H,13H2,1H3,(H,25,29).